The van der Waals surface area contributed by atoms with Crippen molar-refractivity contribution in [2.75, 3.05) is 7.05 Å². The molecule has 1 aromatic carbocycles. The molecule has 0 saturated carbocycles. The van der Waals surface area contributed by atoms with Crippen molar-refractivity contribution >= 4 is 21.6 Å². The lowest BCUT2D eigenvalue weighted by atomic mass is 9.97. The van der Waals surface area contributed by atoms with E-state index in [1.54, 1.807) is 11.3 Å². The number of hydrogen-bond donors (Lipinski definition) is 1. The molecule has 0 aliphatic carbocycles. The van der Waals surface area contributed by atoms with Crippen LogP contribution in [0.25, 0.3) is 10.2 Å². The molecule has 2 heterocycles. The van der Waals surface area contributed by atoms with Crippen LogP contribution in [0.4, 0.5) is 0 Å². The van der Waals surface area contributed by atoms with Gasteiger partial charge < -0.3 is 5.32 Å². The predicted octanol–water partition coefficient (Wildman–Crippen LogP) is 4.22. The summed E-state index contributed by atoms with van der Waals surface area (Å²) in [5, 5.41) is 5.50. The molecule has 1 atom stereocenters. The summed E-state index contributed by atoms with van der Waals surface area (Å²) in [7, 11) is 2.00. The third kappa shape index (κ3) is 2.47. The monoisotopic (exact) mass is 282 g/mol. The molecule has 3 rings (SSSR count). The summed E-state index contributed by atoms with van der Waals surface area (Å²) in [5.74, 6) is 0. The molecule has 0 bridgehead atoms. The molecule has 3 heteroatoms. The Bertz CT molecular complexity index is 725. The quantitative estimate of drug-likeness (QED) is 0.778. The Balaban J connectivity index is 2.07. The van der Waals surface area contributed by atoms with Gasteiger partial charge in [-0.15, -0.1) is 11.3 Å². The van der Waals surface area contributed by atoms with Gasteiger partial charge in [-0.05, 0) is 49.5 Å². The van der Waals surface area contributed by atoms with Crippen molar-refractivity contribution < 1.29 is 0 Å². The minimum Gasteiger partial charge on any atom is -0.309 e. The number of thiophene rings is 1. The van der Waals surface area contributed by atoms with Crippen LogP contribution in [-0.2, 0) is 0 Å². The smallest absolute Gasteiger partial charge is 0.0809 e. The number of nitrogens with one attached hydrogen (secondary N) is 1. The van der Waals surface area contributed by atoms with E-state index in [2.05, 4.69) is 59.9 Å². The van der Waals surface area contributed by atoms with Crippen molar-refractivity contribution in [2.24, 2.45) is 0 Å². The first-order valence-electron chi connectivity index (χ1n) is 6.76. The zero-order chi connectivity index (χ0) is 14.1. The molecule has 1 unspecified atom stereocenters. The van der Waals surface area contributed by atoms with Gasteiger partial charge in [0.15, 0.2) is 0 Å². The van der Waals surface area contributed by atoms with Gasteiger partial charge in [-0.3, -0.25) is 4.98 Å². The predicted molar refractivity (Wildman–Crippen MR) is 86.4 cm³/mol. The van der Waals surface area contributed by atoms with Crippen LogP contribution in [0.15, 0.2) is 41.9 Å². The highest BCUT2D eigenvalue weighted by atomic mass is 32.1. The summed E-state index contributed by atoms with van der Waals surface area (Å²) >= 11 is 1.74. The summed E-state index contributed by atoms with van der Waals surface area (Å²) in [6.45, 7) is 4.29. The van der Waals surface area contributed by atoms with Crippen molar-refractivity contribution in [3.8, 4) is 0 Å². The van der Waals surface area contributed by atoms with Crippen LogP contribution in [0, 0.1) is 13.8 Å². The lowest BCUT2D eigenvalue weighted by Gasteiger charge is -2.18. The van der Waals surface area contributed by atoms with Crippen molar-refractivity contribution in [2.45, 2.75) is 19.9 Å². The van der Waals surface area contributed by atoms with Crippen LogP contribution >= 0.6 is 11.3 Å². The van der Waals surface area contributed by atoms with E-state index in [4.69, 9.17) is 0 Å². The number of hydrogen-bond acceptors (Lipinski definition) is 3. The number of aromatic nitrogens is 1. The number of fused-ring (bicyclic) bond motifs is 1. The fraction of sp³-hybridized carbons (Fsp3) is 0.235. The normalized spacial score (nSPS) is 12.8. The molecular weight excluding hydrogens is 264 g/mol. The van der Waals surface area contributed by atoms with Crippen LogP contribution in [0.1, 0.15) is 28.3 Å². The van der Waals surface area contributed by atoms with E-state index in [1.165, 1.54) is 27.0 Å². The van der Waals surface area contributed by atoms with Crippen LogP contribution in [0.5, 0.6) is 0 Å². The van der Waals surface area contributed by atoms with E-state index in [0.717, 1.165) is 5.52 Å². The van der Waals surface area contributed by atoms with Crippen LogP contribution in [0.2, 0.25) is 0 Å². The number of rotatable bonds is 3. The molecular formula is C17H18N2S. The largest absolute Gasteiger partial charge is 0.309 e. The second-order valence-corrected chi connectivity index (χ2v) is 6.16. The number of aryl methyl sites for hydroxylation is 2. The van der Waals surface area contributed by atoms with E-state index in [1.807, 2.05) is 13.2 Å². The molecule has 0 radical (unpaired) electrons. The van der Waals surface area contributed by atoms with Crippen molar-refractivity contribution in [1.29, 1.82) is 0 Å². The van der Waals surface area contributed by atoms with Gasteiger partial charge in [-0.2, -0.15) is 0 Å². The summed E-state index contributed by atoms with van der Waals surface area (Å²) in [5.41, 5.74) is 6.18. The molecule has 2 aromatic heterocycles. The van der Waals surface area contributed by atoms with Crippen LogP contribution in [-0.4, -0.2) is 12.0 Å². The molecule has 102 valence electrons. The van der Waals surface area contributed by atoms with Gasteiger partial charge >= 0.3 is 0 Å². The molecule has 0 aliphatic rings. The maximum Gasteiger partial charge on any atom is 0.0809 e. The first-order chi connectivity index (χ1) is 9.67. The van der Waals surface area contributed by atoms with Gasteiger partial charge in [0.2, 0.25) is 0 Å². The Morgan fingerprint density at radius 3 is 2.50 bits per heavy atom. The first kappa shape index (κ1) is 13.3. The van der Waals surface area contributed by atoms with E-state index < -0.39 is 0 Å². The highest BCUT2D eigenvalue weighted by molar-refractivity contribution is 7.17. The van der Waals surface area contributed by atoms with Gasteiger partial charge in [-0.25, -0.2) is 0 Å². The molecule has 0 aliphatic heterocycles. The standard InChI is InChI=1S/C17H18N2S/c1-11-6-12(2)8-13(7-11)17(18-3)14-9-16-15(19-10-14)4-5-20-16/h4-10,17-18H,1-3H3. The third-order valence-corrected chi connectivity index (χ3v) is 4.38. The average molecular weight is 282 g/mol. The first-order valence-corrected chi connectivity index (χ1v) is 7.64. The molecule has 2 nitrogen and oxygen atoms in total. The van der Waals surface area contributed by atoms with E-state index in [9.17, 15) is 0 Å². The van der Waals surface area contributed by atoms with Gasteiger partial charge in [0, 0.05) is 6.20 Å². The second kappa shape index (κ2) is 5.35. The third-order valence-electron chi connectivity index (χ3n) is 3.52. The average Bonchev–Trinajstić information content (AvgIpc) is 2.86. The maximum atomic E-state index is 4.55. The lowest BCUT2D eigenvalue weighted by molar-refractivity contribution is 0.689. The SMILES string of the molecule is CNC(c1cc(C)cc(C)c1)c1cnc2ccsc2c1. The van der Waals surface area contributed by atoms with Gasteiger partial charge in [-0.1, -0.05) is 29.3 Å². The molecule has 20 heavy (non-hydrogen) atoms. The Labute approximate surface area is 123 Å². The Morgan fingerprint density at radius 2 is 1.80 bits per heavy atom. The molecule has 0 saturated heterocycles. The summed E-state index contributed by atoms with van der Waals surface area (Å²) in [4.78, 5) is 4.55. The molecule has 3 aromatic rings. The zero-order valence-corrected chi connectivity index (χ0v) is 12.8. The van der Waals surface area contributed by atoms with Gasteiger partial charge in [0.25, 0.3) is 0 Å². The fourth-order valence-corrected chi connectivity index (χ4v) is 3.51. The van der Waals surface area contributed by atoms with Gasteiger partial charge in [0.05, 0.1) is 16.3 Å². The number of benzene rings is 1. The van der Waals surface area contributed by atoms with E-state index >= 15 is 0 Å². The topological polar surface area (TPSA) is 24.9 Å². The molecule has 1 N–H and O–H groups in total. The zero-order valence-electron chi connectivity index (χ0n) is 12.0. The second-order valence-electron chi connectivity index (χ2n) is 5.22. The summed E-state index contributed by atoms with van der Waals surface area (Å²) in [6.07, 6.45) is 1.98. The van der Waals surface area contributed by atoms with Crippen molar-refractivity contribution in [1.82, 2.24) is 10.3 Å². The van der Waals surface area contributed by atoms with E-state index in [-0.39, 0.29) is 6.04 Å². The van der Waals surface area contributed by atoms with Crippen LogP contribution in [0.3, 0.4) is 0 Å². The summed E-state index contributed by atoms with van der Waals surface area (Å²) in [6, 6.07) is 11.2. The Hall–Kier alpha value is -1.71. The fourth-order valence-electron chi connectivity index (χ4n) is 2.72. The van der Waals surface area contributed by atoms with Crippen molar-refractivity contribution in [3.63, 3.8) is 0 Å². The molecule has 0 spiro atoms. The van der Waals surface area contributed by atoms with Crippen LogP contribution < -0.4 is 5.32 Å². The lowest BCUT2D eigenvalue weighted by Crippen LogP contribution is -2.18. The Kier molecular flexibility index (Phi) is 3.55. The highest BCUT2D eigenvalue weighted by Gasteiger charge is 2.14. The minimum atomic E-state index is 0.188. The highest BCUT2D eigenvalue weighted by Crippen LogP contribution is 2.27. The molecule has 0 fully saturated rings. The number of nitrogens with zero attached hydrogens (tertiary/aromatic N) is 1. The maximum absolute atomic E-state index is 4.55. The molecule has 0 amide bonds. The van der Waals surface area contributed by atoms with E-state index in [0.29, 0.717) is 0 Å². The van der Waals surface area contributed by atoms with Crippen molar-refractivity contribution in [3.05, 3.63) is 64.2 Å². The van der Waals surface area contributed by atoms with Gasteiger partial charge in [0.1, 0.15) is 0 Å². The Morgan fingerprint density at radius 1 is 1.05 bits per heavy atom. The number of pyridine rings is 1. The minimum absolute atomic E-state index is 0.188. The summed E-state index contributed by atoms with van der Waals surface area (Å²) < 4.78 is 1.24.